The summed E-state index contributed by atoms with van der Waals surface area (Å²) in [5.41, 5.74) is 1.15. The highest BCUT2D eigenvalue weighted by Crippen LogP contribution is 2.21. The molecule has 3 rings (SSSR count). The molecule has 1 N–H and O–H groups in total. The van der Waals surface area contributed by atoms with Gasteiger partial charge in [0.05, 0.1) is 31.1 Å². The quantitative estimate of drug-likeness (QED) is 0.918. The molecule has 1 aromatic carbocycles. The lowest BCUT2D eigenvalue weighted by Crippen LogP contribution is -2.41. The number of rotatable bonds is 5. The molecule has 1 amide bonds. The molecule has 6 nitrogen and oxygen atoms in total. The first-order chi connectivity index (χ1) is 11.2. The molecule has 1 aliphatic heterocycles. The van der Waals surface area contributed by atoms with Crippen LogP contribution in [0.1, 0.15) is 30.3 Å². The van der Waals surface area contributed by atoms with Crippen molar-refractivity contribution in [3.63, 3.8) is 0 Å². The number of ether oxygens (including phenoxy) is 2. The maximum Gasteiger partial charge on any atom is 0.275 e. The summed E-state index contributed by atoms with van der Waals surface area (Å²) < 4.78 is 12.6. The maximum absolute atomic E-state index is 12.5. The Morgan fingerprint density at radius 1 is 1.43 bits per heavy atom. The summed E-state index contributed by atoms with van der Waals surface area (Å²) in [4.78, 5) is 12.5. The molecular formula is C17H21N3O3. The molecule has 2 heterocycles. The van der Waals surface area contributed by atoms with Crippen LogP contribution in [-0.2, 0) is 4.74 Å². The van der Waals surface area contributed by atoms with Crippen LogP contribution in [0.2, 0.25) is 0 Å². The number of benzene rings is 1. The van der Waals surface area contributed by atoms with E-state index in [0.717, 1.165) is 25.1 Å². The van der Waals surface area contributed by atoms with Gasteiger partial charge in [0.15, 0.2) is 11.4 Å². The number of carbonyl (C=O) groups excluding carboxylic acids is 1. The van der Waals surface area contributed by atoms with Gasteiger partial charge in [-0.15, -0.1) is 0 Å². The molecule has 1 aromatic heterocycles. The van der Waals surface area contributed by atoms with Crippen molar-refractivity contribution in [1.82, 2.24) is 15.1 Å². The Morgan fingerprint density at radius 3 is 2.87 bits per heavy atom. The van der Waals surface area contributed by atoms with Crippen molar-refractivity contribution in [2.45, 2.75) is 31.9 Å². The highest BCUT2D eigenvalue weighted by Gasteiger charge is 2.26. The van der Waals surface area contributed by atoms with E-state index in [2.05, 4.69) is 10.4 Å². The van der Waals surface area contributed by atoms with Crippen molar-refractivity contribution in [2.24, 2.45) is 0 Å². The number of amides is 1. The van der Waals surface area contributed by atoms with Crippen LogP contribution in [-0.4, -0.2) is 41.6 Å². The van der Waals surface area contributed by atoms with E-state index in [9.17, 15) is 4.79 Å². The summed E-state index contributed by atoms with van der Waals surface area (Å²) in [6.45, 7) is 2.71. The zero-order valence-electron chi connectivity index (χ0n) is 13.4. The number of para-hydroxylation sites is 1. The van der Waals surface area contributed by atoms with Gasteiger partial charge in [-0.2, -0.15) is 5.10 Å². The highest BCUT2D eigenvalue weighted by molar-refractivity contribution is 5.95. The van der Waals surface area contributed by atoms with Gasteiger partial charge < -0.3 is 14.8 Å². The van der Waals surface area contributed by atoms with Crippen LogP contribution >= 0.6 is 0 Å². The summed E-state index contributed by atoms with van der Waals surface area (Å²) in [5.74, 6) is 0.199. The monoisotopic (exact) mass is 315 g/mol. The molecule has 23 heavy (non-hydrogen) atoms. The Hall–Kier alpha value is -2.34. The molecule has 0 radical (unpaired) electrons. The molecular weight excluding hydrogens is 294 g/mol. The van der Waals surface area contributed by atoms with E-state index in [4.69, 9.17) is 9.47 Å². The number of hydrogen-bond acceptors (Lipinski definition) is 4. The van der Waals surface area contributed by atoms with Crippen LogP contribution in [0.5, 0.6) is 5.75 Å². The van der Waals surface area contributed by atoms with Gasteiger partial charge in [0.25, 0.3) is 5.91 Å². The van der Waals surface area contributed by atoms with E-state index in [1.165, 1.54) is 7.11 Å². The Kier molecular flexibility index (Phi) is 4.62. The number of nitrogens with one attached hydrogen (secondary N) is 1. The fourth-order valence-corrected chi connectivity index (χ4v) is 2.74. The number of nitrogens with zero attached hydrogens (tertiary/aromatic N) is 2. The van der Waals surface area contributed by atoms with Crippen molar-refractivity contribution in [3.8, 4) is 11.4 Å². The van der Waals surface area contributed by atoms with Crippen molar-refractivity contribution in [1.29, 1.82) is 0 Å². The van der Waals surface area contributed by atoms with Crippen molar-refractivity contribution in [2.75, 3.05) is 13.7 Å². The van der Waals surface area contributed by atoms with E-state index in [1.807, 2.05) is 37.3 Å². The molecule has 1 saturated heterocycles. The van der Waals surface area contributed by atoms with E-state index < -0.39 is 0 Å². The average Bonchev–Trinajstić information content (AvgIpc) is 3.25. The van der Waals surface area contributed by atoms with Gasteiger partial charge >= 0.3 is 0 Å². The fraction of sp³-hybridized carbons (Fsp3) is 0.412. The molecule has 2 atom stereocenters. The van der Waals surface area contributed by atoms with Crippen LogP contribution < -0.4 is 10.1 Å². The first-order valence-corrected chi connectivity index (χ1v) is 7.80. The molecule has 1 fully saturated rings. The third-order valence-electron chi connectivity index (χ3n) is 4.02. The van der Waals surface area contributed by atoms with Gasteiger partial charge in [0, 0.05) is 6.61 Å². The lowest BCUT2D eigenvalue weighted by atomic mass is 10.1. The van der Waals surface area contributed by atoms with Gasteiger partial charge in [-0.1, -0.05) is 18.2 Å². The van der Waals surface area contributed by atoms with Crippen LogP contribution in [0.25, 0.3) is 5.69 Å². The average molecular weight is 315 g/mol. The summed E-state index contributed by atoms with van der Waals surface area (Å²) >= 11 is 0. The Labute approximate surface area is 135 Å². The third-order valence-corrected chi connectivity index (χ3v) is 4.02. The topological polar surface area (TPSA) is 65.4 Å². The van der Waals surface area contributed by atoms with Crippen LogP contribution in [0.15, 0.2) is 36.5 Å². The lowest BCUT2D eigenvalue weighted by Gasteiger charge is -2.19. The maximum atomic E-state index is 12.5. The molecule has 0 spiro atoms. The summed E-state index contributed by atoms with van der Waals surface area (Å²) in [7, 11) is 1.53. The predicted molar refractivity (Wildman–Crippen MR) is 86.0 cm³/mol. The summed E-state index contributed by atoms with van der Waals surface area (Å²) in [5, 5.41) is 7.33. The molecule has 0 aliphatic carbocycles. The zero-order valence-corrected chi connectivity index (χ0v) is 13.4. The second-order valence-electron chi connectivity index (χ2n) is 5.64. The number of carbonyl (C=O) groups is 1. The van der Waals surface area contributed by atoms with Gasteiger partial charge in [-0.25, -0.2) is 4.68 Å². The van der Waals surface area contributed by atoms with Gasteiger partial charge in [-0.3, -0.25) is 4.79 Å². The normalized spacial score (nSPS) is 18.6. The highest BCUT2D eigenvalue weighted by atomic mass is 16.5. The number of methoxy groups -OCH3 is 1. The standard InChI is InChI=1S/C17H21N3O3/c1-12(14-9-6-10-23-14)18-17(21)16-15(22-2)11-20(19-16)13-7-4-3-5-8-13/h3-5,7-8,11-12,14H,6,9-10H2,1-2H3,(H,18,21)/t12-,14+/m1/s1. The van der Waals surface area contributed by atoms with Crippen LogP contribution in [0.3, 0.4) is 0 Å². The minimum atomic E-state index is -0.250. The van der Waals surface area contributed by atoms with E-state index in [1.54, 1.807) is 10.9 Å². The SMILES string of the molecule is COc1cn(-c2ccccc2)nc1C(=O)N[C@H](C)[C@@H]1CCCO1. The van der Waals surface area contributed by atoms with Crippen molar-refractivity contribution < 1.29 is 14.3 Å². The van der Waals surface area contributed by atoms with E-state index in [-0.39, 0.29) is 23.7 Å². The Balaban J connectivity index is 1.78. The van der Waals surface area contributed by atoms with Crippen LogP contribution in [0.4, 0.5) is 0 Å². The molecule has 6 heteroatoms. The van der Waals surface area contributed by atoms with E-state index in [0.29, 0.717) is 5.75 Å². The minimum absolute atomic E-state index is 0.0587. The first kappa shape index (κ1) is 15.6. The molecule has 1 aliphatic rings. The second kappa shape index (κ2) is 6.83. The zero-order chi connectivity index (χ0) is 16.2. The molecule has 0 unspecified atom stereocenters. The molecule has 2 aromatic rings. The van der Waals surface area contributed by atoms with Crippen LogP contribution in [0, 0.1) is 0 Å². The smallest absolute Gasteiger partial charge is 0.275 e. The largest absolute Gasteiger partial charge is 0.493 e. The van der Waals surface area contributed by atoms with E-state index >= 15 is 0 Å². The second-order valence-corrected chi connectivity index (χ2v) is 5.64. The summed E-state index contributed by atoms with van der Waals surface area (Å²) in [6, 6.07) is 9.55. The fourth-order valence-electron chi connectivity index (χ4n) is 2.74. The molecule has 122 valence electrons. The molecule has 0 bridgehead atoms. The number of aromatic nitrogens is 2. The van der Waals surface area contributed by atoms with Crippen molar-refractivity contribution >= 4 is 5.91 Å². The van der Waals surface area contributed by atoms with Gasteiger partial charge in [-0.05, 0) is 31.9 Å². The minimum Gasteiger partial charge on any atom is -0.493 e. The first-order valence-electron chi connectivity index (χ1n) is 7.80. The Morgan fingerprint density at radius 2 is 2.22 bits per heavy atom. The summed E-state index contributed by atoms with van der Waals surface area (Å²) in [6.07, 6.45) is 3.79. The molecule has 0 saturated carbocycles. The van der Waals surface area contributed by atoms with Gasteiger partial charge in [0.1, 0.15) is 0 Å². The Bertz CT molecular complexity index is 663. The van der Waals surface area contributed by atoms with Crippen molar-refractivity contribution in [3.05, 3.63) is 42.2 Å². The van der Waals surface area contributed by atoms with Gasteiger partial charge in [0.2, 0.25) is 0 Å². The predicted octanol–water partition coefficient (Wildman–Crippen LogP) is 2.18. The number of hydrogen-bond donors (Lipinski definition) is 1. The lowest BCUT2D eigenvalue weighted by molar-refractivity contribution is 0.0707. The third kappa shape index (κ3) is 3.37.